The zero-order chi connectivity index (χ0) is 28.4. The number of ether oxygens (including phenoxy) is 1. The van der Waals surface area contributed by atoms with Crippen LogP contribution in [0.15, 0.2) is 24.4 Å². The minimum absolute atomic E-state index is 0.0315. The highest BCUT2D eigenvalue weighted by Gasteiger charge is 2.35. The van der Waals surface area contributed by atoms with Crippen LogP contribution in [0.3, 0.4) is 0 Å². The third-order valence-electron chi connectivity index (χ3n) is 7.23. The van der Waals surface area contributed by atoms with Gasteiger partial charge < -0.3 is 20.3 Å². The van der Waals surface area contributed by atoms with Crippen molar-refractivity contribution in [3.05, 3.63) is 35.5 Å². The molecule has 3 rings (SSSR count). The van der Waals surface area contributed by atoms with Crippen molar-refractivity contribution in [2.45, 2.75) is 71.0 Å². The van der Waals surface area contributed by atoms with Crippen LogP contribution in [0.2, 0.25) is 0 Å². The normalized spacial score (nSPS) is 15.2. The van der Waals surface area contributed by atoms with Crippen LogP contribution >= 0.6 is 0 Å². The molecule has 0 aliphatic carbocycles. The number of aromatic nitrogens is 2. The molecule has 2 N–H and O–H groups in total. The van der Waals surface area contributed by atoms with Crippen LogP contribution in [0.5, 0.6) is 5.75 Å². The van der Waals surface area contributed by atoms with E-state index in [4.69, 9.17) is 4.74 Å². The van der Waals surface area contributed by atoms with Crippen molar-refractivity contribution in [2.24, 2.45) is 0 Å². The first-order chi connectivity index (χ1) is 18.7. The second-order valence-corrected chi connectivity index (χ2v) is 9.98. The lowest BCUT2D eigenvalue weighted by Gasteiger charge is -2.38. The third kappa shape index (κ3) is 8.45. The van der Waals surface area contributed by atoms with Gasteiger partial charge in [-0.15, -0.1) is 0 Å². The van der Waals surface area contributed by atoms with Gasteiger partial charge in [0, 0.05) is 51.0 Å². The Hall–Kier alpha value is -3.08. The van der Waals surface area contributed by atoms with E-state index in [1.165, 1.54) is 59.1 Å². The Labute approximate surface area is 229 Å². The predicted molar refractivity (Wildman–Crippen MR) is 148 cm³/mol. The summed E-state index contributed by atoms with van der Waals surface area (Å²) in [5.74, 6) is -0.0880. The van der Waals surface area contributed by atoms with E-state index >= 15 is 0 Å². The second-order valence-electron chi connectivity index (χ2n) is 9.98. The van der Waals surface area contributed by atoms with Crippen LogP contribution in [-0.2, 0) is 6.18 Å². The fraction of sp³-hybridized carbons (Fsp3) is 0.607. The Kier molecular flexibility index (Phi) is 11.2. The van der Waals surface area contributed by atoms with Crippen molar-refractivity contribution in [1.82, 2.24) is 19.8 Å². The lowest BCUT2D eigenvalue weighted by molar-refractivity contribution is -0.137. The number of hydrogen-bond donors (Lipinski definition) is 2. The van der Waals surface area contributed by atoms with Crippen LogP contribution in [0, 0.1) is 0 Å². The highest BCUT2D eigenvalue weighted by Crippen LogP contribution is 2.35. The minimum atomic E-state index is -4.58. The molecule has 1 aliphatic heterocycles. The average molecular weight is 551 g/mol. The van der Waals surface area contributed by atoms with E-state index in [0.717, 1.165) is 19.3 Å². The van der Waals surface area contributed by atoms with Crippen molar-refractivity contribution in [3.63, 3.8) is 0 Å². The summed E-state index contributed by atoms with van der Waals surface area (Å²) in [7, 11) is 2.82. The summed E-state index contributed by atoms with van der Waals surface area (Å²) >= 11 is 0. The smallest absolute Gasteiger partial charge is 0.421 e. The average Bonchev–Trinajstić information content (AvgIpc) is 2.94. The molecular weight excluding hydrogens is 509 g/mol. The lowest BCUT2D eigenvalue weighted by Crippen LogP contribution is -2.51. The molecule has 1 unspecified atom stereocenters. The van der Waals surface area contributed by atoms with Gasteiger partial charge in [0.2, 0.25) is 5.95 Å². The predicted octanol–water partition coefficient (Wildman–Crippen LogP) is 6.19. The maximum atomic E-state index is 13.2. The number of amides is 1. The number of nitrogens with one attached hydrogen (secondary N) is 2. The molecule has 1 aliphatic rings. The summed E-state index contributed by atoms with van der Waals surface area (Å²) < 4.78 is 44.9. The standard InChI is InChI=1S/C28H41F3N6O2/c1-5-6-7-8-9-10-11-20(2)36-14-16-37(17-15-36)26(38)21-12-13-23(24(18-21)39-4)34-27-33-19-22(28(29,30)31)25(32-3)35-27/h12-13,18-20H,5-11,14-17H2,1-4H3,(H2,32,33,34,35). The van der Waals surface area contributed by atoms with Crippen LogP contribution in [0.25, 0.3) is 0 Å². The van der Waals surface area contributed by atoms with Crippen molar-refractivity contribution in [2.75, 3.05) is 51.0 Å². The number of methoxy groups -OCH3 is 1. The summed E-state index contributed by atoms with van der Waals surface area (Å²) in [6.45, 7) is 7.52. The van der Waals surface area contributed by atoms with E-state index in [1.54, 1.807) is 18.2 Å². The van der Waals surface area contributed by atoms with Crippen molar-refractivity contribution in [1.29, 1.82) is 0 Å². The first-order valence-corrected chi connectivity index (χ1v) is 13.8. The molecule has 216 valence electrons. The van der Waals surface area contributed by atoms with E-state index in [9.17, 15) is 18.0 Å². The molecule has 1 amide bonds. The van der Waals surface area contributed by atoms with E-state index in [0.29, 0.717) is 36.1 Å². The quantitative estimate of drug-likeness (QED) is 0.288. The molecule has 8 nitrogen and oxygen atoms in total. The first kappa shape index (κ1) is 30.5. The Balaban J connectivity index is 1.57. The first-order valence-electron chi connectivity index (χ1n) is 13.8. The molecule has 0 bridgehead atoms. The molecule has 11 heteroatoms. The van der Waals surface area contributed by atoms with E-state index < -0.39 is 11.7 Å². The molecule has 1 aromatic heterocycles. The Morgan fingerprint density at radius 1 is 1.10 bits per heavy atom. The van der Waals surface area contributed by atoms with Gasteiger partial charge in [-0.2, -0.15) is 18.2 Å². The van der Waals surface area contributed by atoms with Gasteiger partial charge in [-0.3, -0.25) is 9.69 Å². The molecule has 1 saturated heterocycles. The van der Waals surface area contributed by atoms with Crippen molar-refractivity contribution >= 4 is 23.4 Å². The summed E-state index contributed by atoms with van der Waals surface area (Å²) in [5, 5.41) is 5.34. The SMILES string of the molecule is CCCCCCCCC(C)N1CCN(C(=O)c2ccc(Nc3ncc(C(F)(F)F)c(NC)n3)c(OC)c2)CC1. The summed E-state index contributed by atoms with van der Waals surface area (Å²) in [6.07, 6.45) is 5.10. The topological polar surface area (TPSA) is 82.6 Å². The summed E-state index contributed by atoms with van der Waals surface area (Å²) in [6, 6.07) is 5.45. The Morgan fingerprint density at radius 2 is 1.79 bits per heavy atom. The fourth-order valence-electron chi connectivity index (χ4n) is 4.84. The Bertz CT molecular complexity index is 1070. The number of benzene rings is 1. The number of carbonyl (C=O) groups excluding carboxylic acids is 1. The molecule has 1 fully saturated rings. The maximum absolute atomic E-state index is 13.2. The van der Waals surface area contributed by atoms with Gasteiger partial charge in [0.05, 0.1) is 12.8 Å². The molecule has 2 heterocycles. The maximum Gasteiger partial charge on any atom is 0.421 e. The molecule has 0 saturated carbocycles. The molecule has 39 heavy (non-hydrogen) atoms. The van der Waals surface area contributed by atoms with Crippen molar-refractivity contribution in [3.8, 4) is 5.75 Å². The van der Waals surface area contributed by atoms with Crippen LogP contribution < -0.4 is 15.4 Å². The highest BCUT2D eigenvalue weighted by atomic mass is 19.4. The van der Waals surface area contributed by atoms with Crippen LogP contribution in [-0.4, -0.2) is 72.1 Å². The fourth-order valence-corrected chi connectivity index (χ4v) is 4.84. The number of alkyl halides is 3. The molecule has 1 aromatic carbocycles. The van der Waals surface area contributed by atoms with Crippen molar-refractivity contribution < 1.29 is 22.7 Å². The number of hydrogen-bond acceptors (Lipinski definition) is 7. The van der Waals surface area contributed by atoms with Gasteiger partial charge in [0.25, 0.3) is 5.91 Å². The number of halogens is 3. The number of carbonyl (C=O) groups is 1. The summed E-state index contributed by atoms with van der Waals surface area (Å²) in [5.41, 5.74) is -0.0419. The zero-order valence-electron chi connectivity index (χ0n) is 23.4. The highest BCUT2D eigenvalue weighted by molar-refractivity contribution is 5.95. The van der Waals surface area contributed by atoms with Crippen LogP contribution in [0.4, 0.5) is 30.6 Å². The number of unbranched alkanes of at least 4 members (excludes halogenated alkanes) is 5. The zero-order valence-corrected chi connectivity index (χ0v) is 23.4. The van der Waals surface area contributed by atoms with Crippen LogP contribution in [0.1, 0.15) is 74.7 Å². The summed E-state index contributed by atoms with van der Waals surface area (Å²) in [4.78, 5) is 25.3. The second kappa shape index (κ2) is 14.3. The number of rotatable bonds is 13. The largest absolute Gasteiger partial charge is 0.495 e. The lowest BCUT2D eigenvalue weighted by atomic mass is 10.0. The number of anilines is 3. The monoisotopic (exact) mass is 550 g/mol. The molecule has 2 aromatic rings. The molecule has 1 atom stereocenters. The van der Waals surface area contributed by atoms with Gasteiger partial charge >= 0.3 is 6.18 Å². The number of piperazine rings is 1. The van der Waals surface area contributed by atoms with E-state index in [-0.39, 0.29) is 17.7 Å². The van der Waals surface area contributed by atoms with Gasteiger partial charge in [-0.05, 0) is 31.5 Å². The van der Waals surface area contributed by atoms with Gasteiger partial charge in [0.15, 0.2) is 0 Å². The van der Waals surface area contributed by atoms with E-state index in [1.807, 2.05) is 4.90 Å². The third-order valence-corrected chi connectivity index (χ3v) is 7.23. The molecular formula is C28H41F3N6O2. The van der Waals surface area contributed by atoms with Gasteiger partial charge in [-0.25, -0.2) is 4.98 Å². The van der Waals surface area contributed by atoms with Gasteiger partial charge in [-0.1, -0.05) is 45.4 Å². The Morgan fingerprint density at radius 3 is 2.44 bits per heavy atom. The van der Waals surface area contributed by atoms with E-state index in [2.05, 4.69) is 39.3 Å². The van der Waals surface area contributed by atoms with Gasteiger partial charge in [0.1, 0.15) is 17.1 Å². The molecule has 0 spiro atoms. The molecule has 0 radical (unpaired) electrons. The number of nitrogens with zero attached hydrogens (tertiary/aromatic N) is 4. The minimum Gasteiger partial charge on any atom is -0.495 e.